The van der Waals surface area contributed by atoms with E-state index >= 15 is 0 Å². The lowest BCUT2D eigenvalue weighted by molar-refractivity contribution is 0.234. The second-order valence-corrected chi connectivity index (χ2v) is 5.53. The second-order valence-electron chi connectivity index (χ2n) is 3.23. The van der Waals surface area contributed by atoms with E-state index in [0.29, 0.717) is 12.8 Å². The SMILES string of the molecule is CCCS(=O)(=O)CCC(C)CO. The maximum absolute atomic E-state index is 11.2. The summed E-state index contributed by atoms with van der Waals surface area (Å²) in [6.07, 6.45) is 1.24. The third kappa shape index (κ3) is 5.55. The number of hydrogen-bond acceptors (Lipinski definition) is 3. The van der Waals surface area contributed by atoms with Gasteiger partial charge in [0, 0.05) is 12.4 Å². The van der Waals surface area contributed by atoms with Crippen molar-refractivity contribution in [3.05, 3.63) is 0 Å². The largest absolute Gasteiger partial charge is 0.396 e. The van der Waals surface area contributed by atoms with Gasteiger partial charge < -0.3 is 5.11 Å². The van der Waals surface area contributed by atoms with E-state index in [-0.39, 0.29) is 24.0 Å². The van der Waals surface area contributed by atoms with Crippen molar-refractivity contribution in [2.45, 2.75) is 26.7 Å². The standard InChI is InChI=1S/C8H18O3S/c1-3-5-12(10,11)6-4-8(2)7-9/h8-9H,3-7H2,1-2H3. The van der Waals surface area contributed by atoms with Crippen molar-refractivity contribution in [2.24, 2.45) is 5.92 Å². The van der Waals surface area contributed by atoms with Gasteiger partial charge in [-0.25, -0.2) is 8.42 Å². The smallest absolute Gasteiger partial charge is 0.150 e. The van der Waals surface area contributed by atoms with Crippen LogP contribution in [0.4, 0.5) is 0 Å². The van der Waals surface area contributed by atoms with E-state index in [1.807, 2.05) is 13.8 Å². The minimum Gasteiger partial charge on any atom is -0.396 e. The summed E-state index contributed by atoms with van der Waals surface area (Å²) in [5, 5.41) is 8.67. The first-order valence-electron chi connectivity index (χ1n) is 4.33. The maximum atomic E-state index is 11.2. The lowest BCUT2D eigenvalue weighted by Gasteiger charge is -2.07. The Morgan fingerprint density at radius 2 is 1.92 bits per heavy atom. The van der Waals surface area contributed by atoms with Crippen LogP contribution in [0.3, 0.4) is 0 Å². The molecule has 0 rings (SSSR count). The van der Waals surface area contributed by atoms with Crippen molar-refractivity contribution >= 4 is 9.84 Å². The van der Waals surface area contributed by atoms with Gasteiger partial charge in [0.15, 0.2) is 0 Å². The average Bonchev–Trinajstić information content (AvgIpc) is 2.00. The highest BCUT2D eigenvalue weighted by molar-refractivity contribution is 7.91. The minimum atomic E-state index is -2.85. The molecule has 1 N–H and O–H groups in total. The molecule has 0 aromatic heterocycles. The molecule has 74 valence electrons. The first kappa shape index (κ1) is 11.9. The number of sulfone groups is 1. The molecule has 0 aliphatic heterocycles. The zero-order valence-corrected chi connectivity index (χ0v) is 8.60. The molecule has 0 heterocycles. The lowest BCUT2D eigenvalue weighted by Crippen LogP contribution is -2.14. The molecule has 0 aliphatic rings. The third-order valence-electron chi connectivity index (χ3n) is 1.75. The maximum Gasteiger partial charge on any atom is 0.150 e. The van der Waals surface area contributed by atoms with Gasteiger partial charge in [-0.05, 0) is 18.8 Å². The third-order valence-corrected chi connectivity index (χ3v) is 3.64. The van der Waals surface area contributed by atoms with Crippen LogP contribution in [0, 0.1) is 5.92 Å². The van der Waals surface area contributed by atoms with Crippen molar-refractivity contribution in [2.75, 3.05) is 18.1 Å². The molecule has 12 heavy (non-hydrogen) atoms. The van der Waals surface area contributed by atoms with E-state index in [1.54, 1.807) is 0 Å². The van der Waals surface area contributed by atoms with E-state index in [0.717, 1.165) is 0 Å². The first-order valence-corrected chi connectivity index (χ1v) is 6.15. The first-order chi connectivity index (χ1) is 5.52. The Labute approximate surface area is 74.7 Å². The summed E-state index contributed by atoms with van der Waals surface area (Å²) in [6, 6.07) is 0. The van der Waals surface area contributed by atoms with Crippen LogP contribution in [0.15, 0.2) is 0 Å². The molecule has 0 saturated carbocycles. The van der Waals surface area contributed by atoms with E-state index in [9.17, 15) is 8.42 Å². The lowest BCUT2D eigenvalue weighted by atomic mass is 10.1. The summed E-state index contributed by atoms with van der Waals surface area (Å²) >= 11 is 0. The summed E-state index contributed by atoms with van der Waals surface area (Å²) in [4.78, 5) is 0. The quantitative estimate of drug-likeness (QED) is 0.681. The highest BCUT2D eigenvalue weighted by atomic mass is 32.2. The van der Waals surface area contributed by atoms with Crippen molar-refractivity contribution in [1.82, 2.24) is 0 Å². The molecule has 1 unspecified atom stereocenters. The Morgan fingerprint density at radius 1 is 1.33 bits per heavy atom. The summed E-state index contributed by atoms with van der Waals surface area (Å²) in [5.74, 6) is 0.574. The molecule has 0 aromatic rings. The Bertz CT molecular complexity index is 196. The molecule has 0 fully saturated rings. The number of hydrogen-bond donors (Lipinski definition) is 1. The van der Waals surface area contributed by atoms with Crippen LogP contribution in [0.2, 0.25) is 0 Å². The van der Waals surface area contributed by atoms with Crippen molar-refractivity contribution in [3.8, 4) is 0 Å². The average molecular weight is 194 g/mol. The molecular formula is C8H18O3S. The summed E-state index contributed by atoms with van der Waals surface area (Å²) < 4.78 is 22.3. The molecule has 3 nitrogen and oxygen atoms in total. The molecule has 0 radical (unpaired) electrons. The number of aliphatic hydroxyl groups is 1. The van der Waals surface area contributed by atoms with E-state index in [1.165, 1.54) is 0 Å². The fourth-order valence-electron chi connectivity index (χ4n) is 0.885. The summed E-state index contributed by atoms with van der Waals surface area (Å²) in [7, 11) is -2.85. The molecule has 0 bridgehead atoms. The van der Waals surface area contributed by atoms with Gasteiger partial charge in [0.1, 0.15) is 9.84 Å². The Balaban J connectivity index is 3.76. The van der Waals surface area contributed by atoms with E-state index < -0.39 is 9.84 Å². The fraction of sp³-hybridized carbons (Fsp3) is 1.00. The number of rotatable bonds is 6. The van der Waals surface area contributed by atoms with Crippen LogP contribution < -0.4 is 0 Å². The molecule has 0 amide bonds. The predicted molar refractivity (Wildman–Crippen MR) is 49.8 cm³/mol. The van der Waals surface area contributed by atoms with Crippen LogP contribution in [-0.4, -0.2) is 31.6 Å². The molecule has 0 aliphatic carbocycles. The molecule has 0 saturated heterocycles. The Morgan fingerprint density at radius 3 is 2.33 bits per heavy atom. The fourth-order valence-corrected chi connectivity index (χ4v) is 2.47. The monoisotopic (exact) mass is 194 g/mol. The van der Waals surface area contributed by atoms with Gasteiger partial charge in [0.05, 0.1) is 5.75 Å². The summed E-state index contributed by atoms with van der Waals surface area (Å²) in [5.41, 5.74) is 0. The van der Waals surface area contributed by atoms with Gasteiger partial charge in [-0.15, -0.1) is 0 Å². The van der Waals surface area contributed by atoms with Gasteiger partial charge >= 0.3 is 0 Å². The van der Waals surface area contributed by atoms with Gasteiger partial charge in [-0.3, -0.25) is 0 Å². The Kier molecular flexibility index (Phi) is 5.50. The van der Waals surface area contributed by atoms with Crippen molar-refractivity contribution in [3.63, 3.8) is 0 Å². The topological polar surface area (TPSA) is 54.4 Å². The van der Waals surface area contributed by atoms with Gasteiger partial charge in [-0.2, -0.15) is 0 Å². The minimum absolute atomic E-state index is 0.0711. The van der Waals surface area contributed by atoms with Gasteiger partial charge in [0.25, 0.3) is 0 Å². The highest BCUT2D eigenvalue weighted by Crippen LogP contribution is 2.04. The van der Waals surface area contributed by atoms with E-state index in [2.05, 4.69) is 0 Å². The molecule has 0 spiro atoms. The van der Waals surface area contributed by atoms with Crippen LogP contribution in [0.25, 0.3) is 0 Å². The van der Waals surface area contributed by atoms with Gasteiger partial charge in [-0.1, -0.05) is 13.8 Å². The highest BCUT2D eigenvalue weighted by Gasteiger charge is 2.11. The molecule has 4 heteroatoms. The predicted octanol–water partition coefficient (Wildman–Crippen LogP) is 0.830. The van der Waals surface area contributed by atoms with Crippen LogP contribution in [0.1, 0.15) is 26.7 Å². The zero-order chi connectivity index (χ0) is 9.61. The molecule has 0 aromatic carbocycles. The van der Waals surface area contributed by atoms with Crippen LogP contribution >= 0.6 is 0 Å². The normalized spacial score (nSPS) is 14.6. The Hall–Kier alpha value is -0.0900. The van der Waals surface area contributed by atoms with E-state index in [4.69, 9.17) is 5.11 Å². The number of aliphatic hydroxyl groups excluding tert-OH is 1. The second kappa shape index (κ2) is 5.54. The molecular weight excluding hydrogens is 176 g/mol. The zero-order valence-electron chi connectivity index (χ0n) is 7.78. The van der Waals surface area contributed by atoms with Gasteiger partial charge in [0.2, 0.25) is 0 Å². The van der Waals surface area contributed by atoms with Crippen LogP contribution in [0.5, 0.6) is 0 Å². The van der Waals surface area contributed by atoms with Crippen molar-refractivity contribution < 1.29 is 13.5 Å². The van der Waals surface area contributed by atoms with Crippen molar-refractivity contribution in [1.29, 1.82) is 0 Å². The van der Waals surface area contributed by atoms with Crippen LogP contribution in [-0.2, 0) is 9.84 Å². The summed E-state index contributed by atoms with van der Waals surface area (Å²) in [6.45, 7) is 3.77. The molecule has 1 atom stereocenters.